The molecule has 0 radical (unpaired) electrons. The number of hydrogen-bond donors (Lipinski definition) is 0. The van der Waals surface area contributed by atoms with Crippen LogP contribution in [0.2, 0.25) is 0 Å². The van der Waals surface area contributed by atoms with Gasteiger partial charge in [0.05, 0.1) is 46.3 Å². The molecule has 1 aromatic carbocycles. The Kier molecular flexibility index (Phi) is 37.2. The largest absolute Gasteiger partial charge is 0.493 e. The van der Waals surface area contributed by atoms with Crippen LogP contribution in [0.25, 0.3) is 23.3 Å². The molecule has 2 unspecified atom stereocenters. The van der Waals surface area contributed by atoms with Crippen molar-refractivity contribution < 1.29 is 28.4 Å². The van der Waals surface area contributed by atoms with E-state index in [1.165, 1.54) is 241 Å². The van der Waals surface area contributed by atoms with Crippen molar-refractivity contribution in [3.8, 4) is 46.6 Å². The van der Waals surface area contributed by atoms with Gasteiger partial charge in [-0.2, -0.15) is 10.5 Å². The van der Waals surface area contributed by atoms with Crippen LogP contribution in [0.15, 0.2) is 22.9 Å². The third kappa shape index (κ3) is 26.9. The number of nitriles is 2. The monoisotopic (exact) mass is 1160 g/mol. The van der Waals surface area contributed by atoms with Crippen molar-refractivity contribution in [3.63, 3.8) is 0 Å². The van der Waals surface area contributed by atoms with Gasteiger partial charge in [0, 0.05) is 21.9 Å². The summed E-state index contributed by atoms with van der Waals surface area (Å²) in [5.41, 5.74) is 2.19. The predicted octanol–water partition coefficient (Wildman–Crippen LogP) is 23.4. The minimum absolute atomic E-state index is 0.0312. The van der Waals surface area contributed by atoms with Crippen LogP contribution in [0.3, 0.4) is 0 Å². The molecule has 10 heteroatoms. The Morgan fingerprint density at radius 1 is 0.427 bits per heavy atom. The second kappa shape index (κ2) is 44.4. The Balaban J connectivity index is 1.33. The van der Waals surface area contributed by atoms with Gasteiger partial charge in [0.15, 0.2) is 23.0 Å². The molecule has 0 fully saturated rings. The molecule has 8 nitrogen and oxygen atoms in total. The van der Waals surface area contributed by atoms with Crippen LogP contribution in [0.4, 0.5) is 0 Å². The van der Waals surface area contributed by atoms with Crippen LogP contribution in [-0.2, 0) is 0 Å². The SMILES string of the molecule is CCCCCCCCCCCCCCC1COc2csc(/C=C(\C#N)c3cc(OCCCCCCCCCC)c(/C(C#N)=C/c4scc5c4OC(CCCCCCCCCCCCCC)CO5)cc3OCCCCCCCCCC)c2O1. The van der Waals surface area contributed by atoms with Gasteiger partial charge in [-0.1, -0.05) is 259 Å². The van der Waals surface area contributed by atoms with E-state index in [9.17, 15) is 10.5 Å². The molecule has 3 aromatic rings. The molecule has 0 saturated carbocycles. The molecule has 0 amide bonds. The normalized spacial score (nSPS) is 15.0. The zero-order valence-corrected chi connectivity index (χ0v) is 53.9. The van der Waals surface area contributed by atoms with Crippen molar-refractivity contribution in [1.29, 1.82) is 10.5 Å². The Labute approximate surface area is 508 Å². The molecule has 0 saturated heterocycles. The van der Waals surface area contributed by atoms with Crippen LogP contribution in [0.5, 0.6) is 34.5 Å². The zero-order valence-electron chi connectivity index (χ0n) is 52.3. The highest BCUT2D eigenvalue weighted by Crippen LogP contribution is 2.47. The third-order valence-corrected chi connectivity index (χ3v) is 18.4. The van der Waals surface area contributed by atoms with Crippen molar-refractivity contribution in [2.45, 2.75) is 310 Å². The molecule has 0 aliphatic carbocycles. The fourth-order valence-electron chi connectivity index (χ4n) is 11.5. The van der Waals surface area contributed by atoms with E-state index in [4.69, 9.17) is 28.4 Å². The maximum absolute atomic E-state index is 11.1. The van der Waals surface area contributed by atoms with Crippen LogP contribution < -0.4 is 28.4 Å². The number of allylic oxidation sites excluding steroid dienone is 2. The van der Waals surface area contributed by atoms with E-state index in [0.29, 0.717) is 71.7 Å². The summed E-state index contributed by atoms with van der Waals surface area (Å²) in [4.78, 5) is 1.70. The Bertz CT molecular complexity index is 2130. The smallest absolute Gasteiger partial charge is 0.179 e. The van der Waals surface area contributed by atoms with Gasteiger partial charge in [-0.3, -0.25) is 0 Å². The Hall–Kier alpha value is -4.12. The highest BCUT2D eigenvalue weighted by atomic mass is 32.1. The van der Waals surface area contributed by atoms with Gasteiger partial charge >= 0.3 is 0 Å². The number of fused-ring (bicyclic) bond motifs is 2. The highest BCUT2D eigenvalue weighted by Gasteiger charge is 2.28. The van der Waals surface area contributed by atoms with Gasteiger partial charge in [0.1, 0.15) is 36.9 Å². The van der Waals surface area contributed by atoms with Crippen LogP contribution in [0, 0.1) is 22.7 Å². The summed E-state index contributed by atoms with van der Waals surface area (Å²) in [6, 6.07) is 9.03. The van der Waals surface area contributed by atoms with Crippen LogP contribution in [0.1, 0.15) is 318 Å². The van der Waals surface area contributed by atoms with Crippen molar-refractivity contribution in [3.05, 3.63) is 43.8 Å². The molecular weight excluding hydrogens is 1050 g/mol. The molecule has 0 spiro atoms. The molecule has 2 atom stereocenters. The Morgan fingerprint density at radius 3 is 1.00 bits per heavy atom. The minimum atomic E-state index is -0.0312. The van der Waals surface area contributed by atoms with Crippen molar-refractivity contribution >= 4 is 46.0 Å². The highest BCUT2D eigenvalue weighted by molar-refractivity contribution is 7.12. The minimum Gasteiger partial charge on any atom is -0.493 e. The molecular formula is C72H112N2O6S2. The van der Waals surface area contributed by atoms with Crippen LogP contribution in [-0.4, -0.2) is 38.6 Å². The summed E-state index contributed by atoms with van der Waals surface area (Å²) in [6.45, 7) is 11.2. The van der Waals surface area contributed by atoms with Gasteiger partial charge < -0.3 is 28.4 Å². The first-order chi connectivity index (χ1) is 40.5. The Morgan fingerprint density at radius 2 is 0.707 bits per heavy atom. The standard InChI is InChI=1S/C72H112N2O6S2/c1-5-9-13-17-21-25-27-29-31-33-37-41-45-61-55-77-67-57-81-69(71(67)79-61)49-59(53-73)63-51-66(76-48-44-40-36-24-20-16-12-8-4)64(52-65(63)75-47-43-39-35-23-19-15-11-7-3)60(54-74)50-70-72-68(58-82-70)78-56-62(80-72)46-42-38-34-32-30-28-26-22-18-14-10-6-2/h49-52,57-58,61-62H,5-48,55-56H2,1-4H3/b59-49+,60-50+. The fraction of sp³-hybridized carbons (Fsp3) is 0.722. The number of benzene rings is 1. The van der Waals surface area contributed by atoms with E-state index in [-0.39, 0.29) is 12.2 Å². The van der Waals surface area contributed by atoms with E-state index in [1.807, 2.05) is 35.0 Å². The summed E-state index contributed by atoms with van der Waals surface area (Å²) >= 11 is 3.07. The maximum Gasteiger partial charge on any atom is 0.179 e. The summed E-state index contributed by atoms with van der Waals surface area (Å²) in [5.74, 6) is 4.03. The van der Waals surface area contributed by atoms with Gasteiger partial charge in [-0.25, -0.2) is 0 Å². The number of unbranched alkanes of at least 4 members (excludes halogenated alkanes) is 36. The topological polar surface area (TPSA) is 103 Å². The summed E-state index contributed by atoms with van der Waals surface area (Å²) in [5, 5.41) is 26.2. The average Bonchev–Trinajstić information content (AvgIpc) is 4.13. The second-order valence-electron chi connectivity index (χ2n) is 23.9. The van der Waals surface area contributed by atoms with Crippen molar-refractivity contribution in [1.82, 2.24) is 0 Å². The zero-order chi connectivity index (χ0) is 57.9. The quantitative estimate of drug-likeness (QED) is 0.0407. The summed E-state index contributed by atoms with van der Waals surface area (Å²) < 4.78 is 39.6. The lowest BCUT2D eigenvalue weighted by Gasteiger charge is -2.25. The molecule has 0 N–H and O–H groups in total. The molecule has 5 rings (SSSR count). The number of hydrogen-bond acceptors (Lipinski definition) is 10. The molecule has 82 heavy (non-hydrogen) atoms. The predicted molar refractivity (Wildman–Crippen MR) is 349 cm³/mol. The lowest BCUT2D eigenvalue weighted by Crippen LogP contribution is -2.28. The summed E-state index contributed by atoms with van der Waals surface area (Å²) in [6.07, 6.45) is 56.3. The fourth-order valence-corrected chi connectivity index (χ4v) is 13.2. The number of ether oxygens (including phenoxy) is 6. The van der Waals surface area contributed by atoms with E-state index >= 15 is 0 Å². The first-order valence-corrected chi connectivity index (χ1v) is 35.8. The van der Waals surface area contributed by atoms with E-state index < -0.39 is 0 Å². The first kappa shape index (κ1) is 68.7. The number of thiophene rings is 2. The molecule has 2 aliphatic heterocycles. The molecule has 4 heterocycles. The molecule has 2 aliphatic rings. The van der Waals surface area contributed by atoms with Gasteiger partial charge in [-0.05, 0) is 62.8 Å². The molecule has 2 aromatic heterocycles. The second-order valence-corrected chi connectivity index (χ2v) is 25.7. The van der Waals surface area contributed by atoms with E-state index in [1.54, 1.807) is 0 Å². The first-order valence-electron chi connectivity index (χ1n) is 34.0. The van der Waals surface area contributed by atoms with E-state index in [0.717, 1.165) is 72.6 Å². The maximum atomic E-state index is 11.1. The average molecular weight is 1170 g/mol. The van der Waals surface area contributed by atoms with Gasteiger partial charge in [0.25, 0.3) is 0 Å². The van der Waals surface area contributed by atoms with E-state index in [2.05, 4.69) is 39.8 Å². The van der Waals surface area contributed by atoms with Crippen molar-refractivity contribution in [2.24, 2.45) is 0 Å². The molecule has 0 bridgehead atoms. The van der Waals surface area contributed by atoms with Gasteiger partial charge in [-0.15, -0.1) is 22.7 Å². The third-order valence-electron chi connectivity index (χ3n) is 16.6. The lowest BCUT2D eigenvalue weighted by molar-refractivity contribution is 0.0839. The summed E-state index contributed by atoms with van der Waals surface area (Å²) in [7, 11) is 0. The number of rotatable bonds is 50. The van der Waals surface area contributed by atoms with Gasteiger partial charge in [0.2, 0.25) is 0 Å². The molecule has 458 valence electrons. The van der Waals surface area contributed by atoms with Crippen LogP contribution >= 0.6 is 22.7 Å². The lowest BCUT2D eigenvalue weighted by atomic mass is 9.97. The number of nitrogens with zero attached hydrogens (tertiary/aromatic N) is 2. The van der Waals surface area contributed by atoms with Crippen molar-refractivity contribution in [2.75, 3.05) is 26.4 Å².